The predicted octanol–water partition coefficient (Wildman–Crippen LogP) is 12.5. The van der Waals surface area contributed by atoms with Crippen LogP contribution >= 0.6 is 0 Å². The molecule has 4 heteroatoms. The lowest BCUT2D eigenvalue weighted by molar-refractivity contribution is 1.07. The van der Waals surface area contributed by atoms with E-state index in [2.05, 4.69) is 65.2 Å². The van der Waals surface area contributed by atoms with Gasteiger partial charge in [-0.2, -0.15) is 0 Å². The number of fused-ring (bicyclic) bond motifs is 4. The molecule has 0 fully saturated rings. The first-order chi connectivity index (χ1) is 28.4. The van der Waals surface area contributed by atoms with Gasteiger partial charge in [0.25, 0.3) is 0 Å². The molecule has 248 valence electrons. The van der Waals surface area contributed by atoms with Gasteiger partial charge in [-0.1, -0.05) is 170 Å². The Morgan fingerprint density at radius 2 is 0.981 bits per heavy atom. The number of nitrogens with zero attached hydrogens (tertiary/aromatic N) is 4. The summed E-state index contributed by atoms with van der Waals surface area (Å²) in [5, 5.41) is 3.99. The minimum atomic E-state index is -0.411. The Morgan fingerprint density at radius 1 is 0.396 bits per heavy atom. The van der Waals surface area contributed by atoms with E-state index in [9.17, 15) is 0 Å². The number of hydrogen-bond acceptors (Lipinski definition) is 3. The quantitative estimate of drug-likeness (QED) is 0.175. The Labute approximate surface area is 314 Å². The van der Waals surface area contributed by atoms with Crippen molar-refractivity contribution in [3.05, 3.63) is 194 Å². The van der Waals surface area contributed by atoms with Gasteiger partial charge >= 0.3 is 0 Å². The monoisotopic (exact) mass is 681 g/mol. The van der Waals surface area contributed by atoms with Crippen LogP contribution in [0.3, 0.4) is 0 Å². The van der Waals surface area contributed by atoms with Crippen molar-refractivity contribution < 1.29 is 6.85 Å². The molecule has 10 aromatic rings. The summed E-state index contributed by atoms with van der Waals surface area (Å²) in [6, 6.07) is 53.1. The van der Waals surface area contributed by atoms with E-state index in [4.69, 9.17) is 21.8 Å². The van der Waals surface area contributed by atoms with Crippen molar-refractivity contribution in [2.24, 2.45) is 0 Å². The molecule has 0 N–H and O–H groups in total. The Bertz CT molecular complexity index is 3200. The highest BCUT2D eigenvalue weighted by Crippen LogP contribution is 2.40. The second-order valence-corrected chi connectivity index (χ2v) is 12.9. The van der Waals surface area contributed by atoms with Crippen LogP contribution in [0.15, 0.2) is 194 Å². The van der Waals surface area contributed by atoms with E-state index in [0.717, 1.165) is 66.1 Å². The van der Waals surface area contributed by atoms with Gasteiger partial charge in [-0.15, -0.1) is 0 Å². The second-order valence-electron chi connectivity index (χ2n) is 12.9. The van der Waals surface area contributed by atoms with Crippen LogP contribution in [0.5, 0.6) is 0 Å². The van der Waals surface area contributed by atoms with E-state index < -0.39 is 6.04 Å². The fraction of sp³-hybridized carbons (Fsp3) is 0. The Morgan fingerprint density at radius 3 is 1.79 bits per heavy atom. The fourth-order valence-electron chi connectivity index (χ4n) is 7.26. The van der Waals surface area contributed by atoms with Crippen LogP contribution in [0, 0.1) is 0 Å². The molecule has 53 heavy (non-hydrogen) atoms. The summed E-state index contributed by atoms with van der Waals surface area (Å²) in [6.07, 6.45) is 0. The zero-order valence-electron chi connectivity index (χ0n) is 33.4. The molecule has 0 radical (unpaired) electrons. The highest BCUT2D eigenvalue weighted by atomic mass is 15.0. The van der Waals surface area contributed by atoms with Crippen molar-refractivity contribution in [2.45, 2.75) is 0 Å². The first-order valence-electron chi connectivity index (χ1n) is 20.0. The summed E-state index contributed by atoms with van der Waals surface area (Å²) in [6.45, 7) is 0. The van der Waals surface area contributed by atoms with Crippen molar-refractivity contribution in [1.82, 2.24) is 19.5 Å². The van der Waals surface area contributed by atoms with Gasteiger partial charge in [-0.3, -0.25) is 0 Å². The third-order valence-corrected chi connectivity index (χ3v) is 9.74. The topological polar surface area (TPSA) is 43.6 Å². The number of hydrogen-bond donors (Lipinski definition) is 0. The zero-order chi connectivity index (χ0) is 39.5. The second kappa shape index (κ2) is 12.9. The molecule has 2 heterocycles. The molecule has 0 spiro atoms. The van der Waals surface area contributed by atoms with Crippen LogP contribution < -0.4 is 0 Å². The lowest BCUT2D eigenvalue weighted by Gasteiger charge is -2.15. The summed E-state index contributed by atoms with van der Waals surface area (Å²) < 4.78 is 44.8. The average molecular weight is 682 g/mol. The summed E-state index contributed by atoms with van der Waals surface area (Å²) in [5.74, 6) is 1.76. The molecule has 0 bridgehead atoms. The maximum atomic E-state index is 8.80. The number of aromatic nitrogens is 4. The van der Waals surface area contributed by atoms with Crippen LogP contribution in [0.1, 0.15) is 6.85 Å². The zero-order valence-corrected chi connectivity index (χ0v) is 28.4. The summed E-state index contributed by atoms with van der Waals surface area (Å²) >= 11 is 0. The van der Waals surface area contributed by atoms with Crippen molar-refractivity contribution in [3.63, 3.8) is 0 Å². The van der Waals surface area contributed by atoms with Gasteiger partial charge in [0.15, 0.2) is 17.5 Å². The first-order valence-corrected chi connectivity index (χ1v) is 17.5. The third-order valence-electron chi connectivity index (χ3n) is 9.74. The summed E-state index contributed by atoms with van der Waals surface area (Å²) in [5.41, 5.74) is 8.12. The van der Waals surface area contributed by atoms with Crippen LogP contribution in [-0.2, 0) is 0 Å². The third kappa shape index (κ3) is 5.45. The highest BCUT2D eigenvalue weighted by Gasteiger charge is 2.19. The molecule has 0 atom stereocenters. The molecule has 0 aliphatic rings. The molecule has 2 aromatic heterocycles. The smallest absolute Gasteiger partial charge is 0.164 e. The van der Waals surface area contributed by atoms with Gasteiger partial charge in [-0.05, 0) is 51.7 Å². The first kappa shape index (κ1) is 25.7. The minimum Gasteiger partial charge on any atom is -0.309 e. The number of benzene rings is 8. The Kier molecular flexibility index (Phi) is 6.24. The van der Waals surface area contributed by atoms with Gasteiger partial charge in [0, 0.05) is 33.0 Å². The van der Waals surface area contributed by atoms with Crippen molar-refractivity contribution in [3.8, 4) is 62.1 Å². The van der Waals surface area contributed by atoms with Crippen molar-refractivity contribution in [2.75, 3.05) is 0 Å². The lowest BCUT2D eigenvalue weighted by atomic mass is 9.99. The molecule has 0 saturated carbocycles. The molecule has 0 amide bonds. The van der Waals surface area contributed by atoms with E-state index in [1.54, 1.807) is 0 Å². The molecule has 0 aliphatic carbocycles. The number of rotatable bonds is 6. The molecule has 4 nitrogen and oxygen atoms in total. The molecule has 10 rings (SSSR count). The van der Waals surface area contributed by atoms with Crippen molar-refractivity contribution in [1.29, 1.82) is 0 Å². The largest absolute Gasteiger partial charge is 0.309 e. The minimum absolute atomic E-state index is 0.181. The van der Waals surface area contributed by atoms with Crippen LogP contribution in [-0.4, -0.2) is 19.5 Å². The number of para-hydroxylation sites is 2. The predicted molar refractivity (Wildman–Crippen MR) is 219 cm³/mol. The molecule has 0 aliphatic heterocycles. The van der Waals surface area contributed by atoms with Gasteiger partial charge in [0.2, 0.25) is 0 Å². The average Bonchev–Trinajstić information content (AvgIpc) is 3.62. The van der Waals surface area contributed by atoms with Gasteiger partial charge < -0.3 is 4.57 Å². The maximum Gasteiger partial charge on any atom is 0.164 e. The molecule has 8 aromatic carbocycles. The SMILES string of the molecule is [2H]c1c([2H])c([2H])c(-c2cccc3c2c2ccccc2n3-c2ccccc2-c2ccc(-c3nc(-c4ccccc4)nc(-c4ccc5ccccc5c4)n3)cc2)c([2H])c1[2H]. The van der Waals surface area contributed by atoms with E-state index in [1.807, 2.05) is 103 Å². The van der Waals surface area contributed by atoms with Crippen molar-refractivity contribution >= 4 is 32.6 Å². The van der Waals surface area contributed by atoms with Gasteiger partial charge in [0.05, 0.1) is 23.6 Å². The van der Waals surface area contributed by atoms with Crippen LogP contribution in [0.4, 0.5) is 0 Å². The van der Waals surface area contributed by atoms with E-state index in [0.29, 0.717) is 23.0 Å². The van der Waals surface area contributed by atoms with E-state index in [-0.39, 0.29) is 29.7 Å². The normalized spacial score (nSPS) is 12.7. The van der Waals surface area contributed by atoms with Crippen LogP contribution in [0.2, 0.25) is 0 Å². The standard InChI is InChI=1S/C49H32N4/c1-3-15-34(16-4-1)41-22-13-25-45-46(41)42-21-10-12-24-44(42)53(45)43-23-11-9-20-40(43)35-27-29-37(30-28-35)48-50-47(36-17-5-2-6-18-36)51-49(52-48)39-31-26-33-14-7-8-19-38(33)32-39/h1-32H/i1D,3D,4D,15D,16D. The van der Waals surface area contributed by atoms with Crippen LogP contribution in [0.25, 0.3) is 94.7 Å². The summed E-state index contributed by atoms with van der Waals surface area (Å²) in [4.78, 5) is 14.9. The Hall–Kier alpha value is -7.17. The Balaban J connectivity index is 1.11. The molecule has 0 unspecified atom stereocenters. The van der Waals surface area contributed by atoms with E-state index >= 15 is 0 Å². The fourth-order valence-corrected chi connectivity index (χ4v) is 7.26. The maximum absolute atomic E-state index is 8.80. The summed E-state index contributed by atoms with van der Waals surface area (Å²) in [7, 11) is 0. The molecular weight excluding hydrogens is 645 g/mol. The molecular formula is C49H32N4. The molecule has 0 saturated heterocycles. The van der Waals surface area contributed by atoms with E-state index in [1.165, 1.54) is 0 Å². The van der Waals surface area contributed by atoms with Gasteiger partial charge in [0.1, 0.15) is 0 Å². The van der Waals surface area contributed by atoms with Gasteiger partial charge in [-0.25, -0.2) is 15.0 Å². The lowest BCUT2D eigenvalue weighted by Crippen LogP contribution is -2.00. The highest BCUT2D eigenvalue weighted by molar-refractivity contribution is 6.16.